The number of ketones is 3. The minimum Gasteiger partial charge on any atom is -0.449 e. The van der Waals surface area contributed by atoms with Crippen molar-refractivity contribution in [2.45, 2.75) is 222 Å². The maximum atomic E-state index is 14.2. The van der Waals surface area contributed by atoms with Gasteiger partial charge in [0.05, 0.1) is 23.7 Å². The van der Waals surface area contributed by atoms with Crippen molar-refractivity contribution < 1.29 is 28.7 Å². The summed E-state index contributed by atoms with van der Waals surface area (Å²) in [7, 11) is 0. The van der Waals surface area contributed by atoms with Gasteiger partial charge in [0, 0.05) is 53.4 Å². The average Bonchev–Trinajstić information content (AvgIpc) is 3.76. The van der Waals surface area contributed by atoms with E-state index < -0.39 is 27.3 Å². The van der Waals surface area contributed by atoms with Crippen LogP contribution < -0.4 is 10.6 Å². The van der Waals surface area contributed by atoms with Gasteiger partial charge in [0.15, 0.2) is 17.3 Å². The summed E-state index contributed by atoms with van der Waals surface area (Å²) in [6.45, 7) is 31.9. The van der Waals surface area contributed by atoms with Crippen molar-refractivity contribution in [1.82, 2.24) is 20.4 Å². The summed E-state index contributed by atoms with van der Waals surface area (Å²) in [6.07, 6.45) is 19.0. The van der Waals surface area contributed by atoms with Gasteiger partial charge in [-0.25, -0.2) is 4.79 Å². The molecule has 2 saturated heterocycles. The van der Waals surface area contributed by atoms with Crippen LogP contribution in [0.2, 0.25) is 0 Å². The van der Waals surface area contributed by atoms with Gasteiger partial charge in [-0.2, -0.15) is 0 Å². The maximum absolute atomic E-state index is 14.2. The van der Waals surface area contributed by atoms with Gasteiger partial charge in [0.25, 0.3) is 0 Å². The smallest absolute Gasteiger partial charge is 0.409 e. The van der Waals surface area contributed by atoms with Crippen LogP contribution in [0.3, 0.4) is 0 Å². The second-order valence-electron chi connectivity index (χ2n) is 23.0. The minimum absolute atomic E-state index is 0.0866. The second-order valence-corrected chi connectivity index (χ2v) is 23.0. The van der Waals surface area contributed by atoms with E-state index in [9.17, 15) is 24.0 Å². The summed E-state index contributed by atoms with van der Waals surface area (Å²) in [6, 6.07) is -0.279. The first-order valence-corrected chi connectivity index (χ1v) is 23.2. The summed E-state index contributed by atoms with van der Waals surface area (Å²) in [5.41, 5.74) is -3.44. The predicted octanol–water partition coefficient (Wildman–Crippen LogP) is 10.3. The highest BCUT2D eigenvalue weighted by molar-refractivity contribution is 5.94. The fourth-order valence-corrected chi connectivity index (χ4v) is 9.03. The number of ether oxygens (including phenoxy) is 1. The molecule has 0 bridgehead atoms. The monoisotopic (exact) mass is 841 g/mol. The Morgan fingerprint density at radius 3 is 1.68 bits per heavy atom. The summed E-state index contributed by atoms with van der Waals surface area (Å²) in [5, 5.41) is 7.33. The van der Waals surface area contributed by atoms with Crippen LogP contribution in [0.25, 0.3) is 0 Å². The van der Waals surface area contributed by atoms with Crippen molar-refractivity contribution in [2.75, 3.05) is 26.2 Å². The van der Waals surface area contributed by atoms with Crippen LogP contribution in [0.5, 0.6) is 0 Å². The fourth-order valence-electron chi connectivity index (χ4n) is 9.03. The molecule has 0 radical (unpaired) electrons. The largest absolute Gasteiger partial charge is 0.449 e. The quantitative estimate of drug-likeness (QED) is 0.0865. The van der Waals surface area contributed by atoms with Crippen LogP contribution in [0, 0.1) is 16.2 Å². The second kappa shape index (κ2) is 22.0. The molecule has 0 aromatic carbocycles. The zero-order valence-electron chi connectivity index (χ0n) is 41.0. The SMILES string of the molecule is CC(C)(C)NC(CCC/C=C/CCCOC(=O)N1CC[C@@](NC(C)(C)C)(C(=O)C(C)(C)C)C1)(CCC/C=C/CCCC(=O)N1CCC[C@@H]1C(=O)C(C)(C)C)C(=O)C(C)(C)C. The van der Waals surface area contributed by atoms with E-state index in [2.05, 4.69) is 55.7 Å². The van der Waals surface area contributed by atoms with Gasteiger partial charge >= 0.3 is 6.09 Å². The van der Waals surface area contributed by atoms with Crippen LogP contribution >= 0.6 is 0 Å². The standard InChI is InChI=1S/C50H88N4O6/c1-44(2,3)40(56)38-29-28-34-54(38)39(55)30-24-20-16-17-21-25-31-49(51-47(10,11)12,41(57)45(4,5)6)32-26-22-18-19-23-27-36-60-43(59)53-35-33-50(37-53,52-48(13,14)15)42(58)46(7,8)9/h16-19,38,51-52H,20-37H2,1-15H3/b17-16+,19-18+/t38-,49?,50+/m1/s1. The summed E-state index contributed by atoms with van der Waals surface area (Å²) < 4.78 is 5.65. The maximum Gasteiger partial charge on any atom is 0.409 e. The van der Waals surface area contributed by atoms with Gasteiger partial charge in [-0.05, 0) is 125 Å². The molecule has 2 aliphatic heterocycles. The minimum atomic E-state index is -0.786. The molecule has 2 amide bonds. The lowest BCUT2D eigenvalue weighted by molar-refractivity contribution is -0.140. The first kappa shape index (κ1) is 53.3. The number of carbonyl (C=O) groups excluding carboxylic acids is 5. The van der Waals surface area contributed by atoms with E-state index in [4.69, 9.17) is 4.74 Å². The molecule has 2 fully saturated rings. The summed E-state index contributed by atoms with van der Waals surface area (Å²) >= 11 is 0. The molecule has 0 saturated carbocycles. The van der Waals surface area contributed by atoms with Gasteiger partial charge in [-0.3, -0.25) is 24.5 Å². The van der Waals surface area contributed by atoms with Crippen LogP contribution in [0.15, 0.2) is 24.3 Å². The topological polar surface area (TPSA) is 125 Å². The average molecular weight is 841 g/mol. The van der Waals surface area contributed by atoms with Crippen LogP contribution in [-0.2, 0) is 23.9 Å². The molecule has 2 heterocycles. The van der Waals surface area contributed by atoms with Crippen LogP contribution in [0.4, 0.5) is 4.79 Å². The number of carbonyl (C=O) groups is 5. The number of rotatable bonds is 21. The predicted molar refractivity (Wildman–Crippen MR) is 246 cm³/mol. The van der Waals surface area contributed by atoms with Gasteiger partial charge < -0.3 is 19.9 Å². The van der Waals surface area contributed by atoms with Crippen molar-refractivity contribution >= 4 is 29.4 Å². The number of likely N-dealkylation sites (tertiary alicyclic amines) is 2. The van der Waals surface area contributed by atoms with Crippen molar-refractivity contribution in [1.29, 1.82) is 0 Å². The van der Waals surface area contributed by atoms with Gasteiger partial charge in [0.1, 0.15) is 0 Å². The first-order chi connectivity index (χ1) is 27.4. The number of hydrogen-bond acceptors (Lipinski definition) is 8. The van der Waals surface area contributed by atoms with E-state index in [1.165, 1.54) is 0 Å². The highest BCUT2D eigenvalue weighted by atomic mass is 16.6. The van der Waals surface area contributed by atoms with E-state index in [0.29, 0.717) is 45.5 Å². The van der Waals surface area contributed by atoms with E-state index in [1.54, 1.807) is 4.90 Å². The molecule has 2 rings (SSSR count). The highest BCUT2D eigenvalue weighted by Gasteiger charge is 2.51. The molecule has 1 unspecified atom stereocenters. The lowest BCUT2D eigenvalue weighted by Crippen LogP contribution is -2.63. The lowest BCUT2D eigenvalue weighted by Gasteiger charge is -2.43. The van der Waals surface area contributed by atoms with Crippen molar-refractivity contribution in [3.05, 3.63) is 24.3 Å². The normalized spacial score (nSPS) is 20.6. The first-order valence-electron chi connectivity index (χ1n) is 23.2. The Bertz CT molecular complexity index is 1500. The molecule has 2 aliphatic rings. The number of nitrogens with zero attached hydrogens (tertiary/aromatic N) is 2. The van der Waals surface area contributed by atoms with Crippen molar-refractivity contribution in [3.63, 3.8) is 0 Å². The molecule has 60 heavy (non-hydrogen) atoms. The third kappa shape index (κ3) is 17.1. The van der Waals surface area contributed by atoms with E-state index in [0.717, 1.165) is 70.6 Å². The summed E-state index contributed by atoms with van der Waals surface area (Å²) in [5.74, 6) is 0.610. The van der Waals surface area contributed by atoms with Crippen molar-refractivity contribution in [2.24, 2.45) is 16.2 Å². The number of unbranched alkanes of at least 4 members (excludes halogenated alkanes) is 4. The Morgan fingerprint density at radius 2 is 1.20 bits per heavy atom. The number of Topliss-reactive ketones (excluding diaryl/α,β-unsaturated/α-hetero) is 3. The van der Waals surface area contributed by atoms with E-state index in [-0.39, 0.29) is 46.5 Å². The van der Waals surface area contributed by atoms with Crippen LogP contribution in [0.1, 0.15) is 194 Å². The van der Waals surface area contributed by atoms with Gasteiger partial charge in [-0.15, -0.1) is 0 Å². The third-order valence-electron chi connectivity index (χ3n) is 11.4. The Kier molecular flexibility index (Phi) is 19.5. The molecule has 3 atom stereocenters. The molecule has 0 spiro atoms. The van der Waals surface area contributed by atoms with Gasteiger partial charge in [-0.1, -0.05) is 86.6 Å². The lowest BCUT2D eigenvalue weighted by atomic mass is 9.72. The molecule has 0 aliphatic carbocycles. The number of hydrogen-bond donors (Lipinski definition) is 2. The molecule has 2 N–H and O–H groups in total. The number of nitrogens with one attached hydrogen (secondary N) is 2. The highest BCUT2D eigenvalue weighted by Crippen LogP contribution is 2.35. The molecule has 344 valence electrons. The molecule has 10 nitrogen and oxygen atoms in total. The Morgan fingerprint density at radius 1 is 0.667 bits per heavy atom. The van der Waals surface area contributed by atoms with Gasteiger partial charge in [0.2, 0.25) is 5.91 Å². The fraction of sp³-hybridized carbons (Fsp3) is 0.820. The molecule has 0 aromatic heterocycles. The van der Waals surface area contributed by atoms with Crippen molar-refractivity contribution in [3.8, 4) is 0 Å². The Balaban J connectivity index is 1.87. The van der Waals surface area contributed by atoms with E-state index >= 15 is 0 Å². The zero-order chi connectivity index (χ0) is 45.8. The number of amides is 2. The van der Waals surface area contributed by atoms with Crippen LogP contribution in [-0.4, -0.2) is 93.6 Å². The Hall–Kier alpha value is -2.85. The summed E-state index contributed by atoms with van der Waals surface area (Å²) in [4.78, 5) is 70.1. The molecule has 10 heteroatoms. The Labute approximate surface area is 366 Å². The van der Waals surface area contributed by atoms with E-state index in [1.807, 2.05) is 88.0 Å². The molecular weight excluding hydrogens is 753 g/mol. The zero-order valence-corrected chi connectivity index (χ0v) is 41.0. The number of allylic oxidation sites excluding steroid dienone is 4. The molecule has 0 aromatic rings. The third-order valence-corrected chi connectivity index (χ3v) is 11.4. The molecular formula is C50H88N4O6.